The monoisotopic (exact) mass is 231 g/mol. The van der Waals surface area contributed by atoms with Crippen molar-refractivity contribution in [2.24, 2.45) is 0 Å². The lowest BCUT2D eigenvalue weighted by Gasteiger charge is -2.04. The summed E-state index contributed by atoms with van der Waals surface area (Å²) in [5, 5.41) is 8.49. The molecule has 0 saturated heterocycles. The molecule has 0 spiro atoms. The number of aliphatic carboxylic acids is 1. The molecular weight excluding hydrogens is 222 g/mol. The van der Waals surface area contributed by atoms with Crippen LogP contribution in [-0.4, -0.2) is 24.0 Å². The van der Waals surface area contributed by atoms with Crippen LogP contribution < -0.4 is 5.73 Å². The molecular formula is C8H9NO5S. The smallest absolute Gasteiger partial charge is 0.307 e. The molecule has 1 aromatic rings. The maximum atomic E-state index is 10.8. The van der Waals surface area contributed by atoms with Gasteiger partial charge in [0.25, 0.3) is 10.1 Å². The molecule has 0 heterocycles. The van der Waals surface area contributed by atoms with Gasteiger partial charge in [0, 0.05) is 0 Å². The van der Waals surface area contributed by atoms with Crippen molar-refractivity contribution in [2.45, 2.75) is 11.3 Å². The van der Waals surface area contributed by atoms with Crippen molar-refractivity contribution in [3.8, 4) is 0 Å². The maximum Gasteiger partial charge on any atom is 0.307 e. The summed E-state index contributed by atoms with van der Waals surface area (Å²) < 4.78 is 30.4. The Morgan fingerprint density at radius 3 is 2.47 bits per heavy atom. The molecule has 15 heavy (non-hydrogen) atoms. The summed E-state index contributed by atoms with van der Waals surface area (Å²) in [7, 11) is -4.41. The van der Waals surface area contributed by atoms with Gasteiger partial charge in [0.05, 0.1) is 12.1 Å². The van der Waals surface area contributed by atoms with Crippen molar-refractivity contribution < 1.29 is 22.9 Å². The Kier molecular flexibility index (Phi) is 2.96. The molecule has 1 aromatic carbocycles. The quantitative estimate of drug-likeness (QED) is 0.503. The summed E-state index contributed by atoms with van der Waals surface area (Å²) in [5.74, 6) is -1.10. The van der Waals surface area contributed by atoms with Gasteiger partial charge >= 0.3 is 5.97 Å². The molecule has 1 rings (SSSR count). The zero-order valence-electron chi connectivity index (χ0n) is 7.54. The SMILES string of the molecule is Nc1ccc(CC(=O)O)cc1S(=O)(=O)O. The molecule has 0 fully saturated rings. The van der Waals surface area contributed by atoms with Crippen molar-refractivity contribution in [3.05, 3.63) is 23.8 Å². The molecule has 0 atom stereocenters. The third-order valence-corrected chi connectivity index (χ3v) is 2.62. The number of rotatable bonds is 3. The molecule has 82 valence electrons. The highest BCUT2D eigenvalue weighted by Crippen LogP contribution is 2.19. The first-order chi connectivity index (χ1) is 6.80. The van der Waals surface area contributed by atoms with E-state index in [2.05, 4.69) is 0 Å². The summed E-state index contributed by atoms with van der Waals surface area (Å²) in [5.41, 5.74) is 5.45. The van der Waals surface area contributed by atoms with Crippen LogP contribution in [0, 0.1) is 0 Å². The predicted octanol–water partition coefficient (Wildman–Crippen LogP) is 0.143. The van der Waals surface area contributed by atoms with Crippen molar-refractivity contribution >= 4 is 21.8 Å². The van der Waals surface area contributed by atoms with E-state index in [-0.39, 0.29) is 17.7 Å². The molecule has 0 saturated carbocycles. The number of hydrogen-bond acceptors (Lipinski definition) is 4. The second kappa shape index (κ2) is 3.87. The van der Waals surface area contributed by atoms with Crippen molar-refractivity contribution in [1.29, 1.82) is 0 Å². The fraction of sp³-hybridized carbons (Fsp3) is 0.125. The number of benzene rings is 1. The van der Waals surface area contributed by atoms with Gasteiger partial charge in [-0.05, 0) is 17.7 Å². The highest BCUT2D eigenvalue weighted by atomic mass is 32.2. The first-order valence-corrected chi connectivity index (χ1v) is 5.32. The van der Waals surface area contributed by atoms with Crippen LogP contribution in [0.2, 0.25) is 0 Å². The van der Waals surface area contributed by atoms with Gasteiger partial charge in [-0.3, -0.25) is 9.35 Å². The molecule has 0 aliphatic carbocycles. The lowest BCUT2D eigenvalue weighted by atomic mass is 10.1. The van der Waals surface area contributed by atoms with Gasteiger partial charge in [-0.1, -0.05) is 6.07 Å². The third-order valence-electron chi connectivity index (χ3n) is 1.71. The van der Waals surface area contributed by atoms with Gasteiger partial charge < -0.3 is 10.8 Å². The van der Waals surface area contributed by atoms with Crippen LogP contribution in [0.3, 0.4) is 0 Å². The average Bonchev–Trinajstić information content (AvgIpc) is 2.05. The molecule has 0 radical (unpaired) electrons. The Morgan fingerprint density at radius 2 is 2.00 bits per heavy atom. The number of carboxylic acid groups (broad SMARTS) is 1. The van der Waals surface area contributed by atoms with Crippen LogP contribution in [0.25, 0.3) is 0 Å². The minimum Gasteiger partial charge on any atom is -0.481 e. The van der Waals surface area contributed by atoms with Gasteiger partial charge in [0.2, 0.25) is 0 Å². The summed E-state index contributed by atoms with van der Waals surface area (Å²) in [6.45, 7) is 0. The van der Waals surface area contributed by atoms with Gasteiger partial charge in [-0.15, -0.1) is 0 Å². The minimum absolute atomic E-state index is 0.119. The molecule has 0 aromatic heterocycles. The van der Waals surface area contributed by atoms with Gasteiger partial charge in [-0.25, -0.2) is 0 Å². The Hall–Kier alpha value is -1.60. The molecule has 0 unspecified atom stereocenters. The van der Waals surface area contributed by atoms with Crippen LogP contribution in [0.4, 0.5) is 5.69 Å². The normalized spacial score (nSPS) is 11.3. The fourth-order valence-electron chi connectivity index (χ4n) is 1.09. The van der Waals surface area contributed by atoms with E-state index in [1.807, 2.05) is 0 Å². The second-order valence-electron chi connectivity index (χ2n) is 2.92. The van der Waals surface area contributed by atoms with Crippen molar-refractivity contribution in [1.82, 2.24) is 0 Å². The molecule has 0 amide bonds. The third kappa shape index (κ3) is 2.93. The van der Waals surface area contributed by atoms with Gasteiger partial charge in [0.1, 0.15) is 4.90 Å². The van der Waals surface area contributed by atoms with Crippen LogP contribution in [0.5, 0.6) is 0 Å². The summed E-state index contributed by atoms with van der Waals surface area (Å²) >= 11 is 0. The van der Waals surface area contributed by atoms with Crippen LogP contribution in [0.15, 0.2) is 23.1 Å². The zero-order chi connectivity index (χ0) is 11.6. The Morgan fingerprint density at radius 1 is 1.40 bits per heavy atom. The lowest BCUT2D eigenvalue weighted by Crippen LogP contribution is -2.06. The number of nitrogens with two attached hydrogens (primary N) is 1. The Labute approximate surface area is 86.1 Å². The number of carboxylic acids is 1. The summed E-state index contributed by atoms with van der Waals surface area (Å²) in [4.78, 5) is 9.90. The van der Waals surface area contributed by atoms with E-state index in [0.717, 1.165) is 6.07 Å². The first-order valence-electron chi connectivity index (χ1n) is 3.88. The highest BCUT2D eigenvalue weighted by Gasteiger charge is 2.15. The standard InChI is InChI=1S/C8H9NO5S/c9-6-2-1-5(4-8(10)11)3-7(6)15(12,13)14/h1-3H,4,9H2,(H,10,11)(H,12,13,14). The first kappa shape index (κ1) is 11.5. The summed E-state index contributed by atoms with van der Waals surface area (Å²) in [6.07, 6.45) is -0.331. The van der Waals surface area contributed by atoms with E-state index in [1.165, 1.54) is 12.1 Å². The van der Waals surface area contributed by atoms with Gasteiger partial charge in [-0.2, -0.15) is 8.42 Å². The molecule has 7 heteroatoms. The highest BCUT2D eigenvalue weighted by molar-refractivity contribution is 7.86. The van der Waals surface area contributed by atoms with E-state index in [1.54, 1.807) is 0 Å². The number of anilines is 1. The number of carbonyl (C=O) groups is 1. The Bertz CT molecular complexity index is 494. The lowest BCUT2D eigenvalue weighted by molar-refractivity contribution is -0.136. The Balaban J connectivity index is 3.23. The average molecular weight is 231 g/mol. The molecule has 6 nitrogen and oxygen atoms in total. The molecule has 4 N–H and O–H groups in total. The van der Waals surface area contributed by atoms with Crippen LogP contribution in [0.1, 0.15) is 5.56 Å². The van der Waals surface area contributed by atoms with E-state index in [4.69, 9.17) is 15.4 Å². The predicted molar refractivity (Wildman–Crippen MR) is 52.0 cm³/mol. The molecule has 0 aliphatic rings. The van der Waals surface area contributed by atoms with Gasteiger partial charge in [0.15, 0.2) is 0 Å². The van der Waals surface area contributed by atoms with E-state index in [9.17, 15) is 13.2 Å². The van der Waals surface area contributed by atoms with E-state index >= 15 is 0 Å². The topological polar surface area (TPSA) is 118 Å². The van der Waals surface area contributed by atoms with E-state index < -0.39 is 21.0 Å². The number of nitrogen functional groups attached to an aromatic ring is 1. The van der Waals surface area contributed by atoms with Crippen LogP contribution in [-0.2, 0) is 21.3 Å². The van der Waals surface area contributed by atoms with E-state index in [0.29, 0.717) is 0 Å². The fourth-order valence-corrected chi connectivity index (χ4v) is 1.75. The maximum absolute atomic E-state index is 10.8. The van der Waals surface area contributed by atoms with Crippen molar-refractivity contribution in [2.75, 3.05) is 5.73 Å². The molecule has 0 bridgehead atoms. The molecule has 0 aliphatic heterocycles. The second-order valence-corrected chi connectivity index (χ2v) is 4.31. The number of hydrogen-bond donors (Lipinski definition) is 3. The summed E-state index contributed by atoms with van der Waals surface area (Å²) in [6, 6.07) is 3.66. The van der Waals surface area contributed by atoms with Crippen molar-refractivity contribution in [3.63, 3.8) is 0 Å². The largest absolute Gasteiger partial charge is 0.481 e. The van der Waals surface area contributed by atoms with Crippen LogP contribution >= 0.6 is 0 Å². The minimum atomic E-state index is -4.41. The zero-order valence-corrected chi connectivity index (χ0v) is 8.36.